The van der Waals surface area contributed by atoms with E-state index in [-0.39, 0.29) is 0 Å². The Morgan fingerprint density at radius 3 is 2.68 bits per heavy atom. The zero-order valence-electron chi connectivity index (χ0n) is 14.2. The molecule has 1 saturated carbocycles. The molecule has 1 aromatic carbocycles. The van der Waals surface area contributed by atoms with Gasteiger partial charge in [-0.3, -0.25) is 0 Å². The molecule has 0 unspecified atom stereocenters. The van der Waals surface area contributed by atoms with Crippen molar-refractivity contribution >= 4 is 0 Å². The van der Waals surface area contributed by atoms with Crippen LogP contribution in [0.4, 0.5) is 0 Å². The molecule has 0 spiro atoms. The lowest BCUT2D eigenvalue weighted by Gasteiger charge is -2.37. The topological polar surface area (TPSA) is 18.1 Å². The number of hydrogen-bond acceptors (Lipinski definition) is 1. The van der Waals surface area contributed by atoms with Gasteiger partial charge in [0.2, 0.25) is 0 Å². The lowest BCUT2D eigenvalue weighted by molar-refractivity contribution is -1.03. The second-order valence-corrected chi connectivity index (χ2v) is 7.41. The van der Waals surface area contributed by atoms with E-state index in [9.17, 15) is 0 Å². The smallest absolute Gasteiger partial charge is 0.127 e. The average Bonchev–Trinajstić information content (AvgIpc) is 2.56. The normalized spacial score (nSPS) is 32.6. The Balaban J connectivity index is 1.49. The summed E-state index contributed by atoms with van der Waals surface area (Å²) in [5.74, 6) is 1.94. The number of rotatable bonds is 4. The summed E-state index contributed by atoms with van der Waals surface area (Å²) in [5, 5.41) is 0. The van der Waals surface area contributed by atoms with E-state index in [1.165, 1.54) is 57.4 Å². The Morgan fingerprint density at radius 2 is 1.95 bits per heavy atom. The Labute approximate surface area is 135 Å². The Kier molecular flexibility index (Phi) is 5.37. The van der Waals surface area contributed by atoms with Crippen molar-refractivity contribution in [3.8, 4) is 5.75 Å². The van der Waals surface area contributed by atoms with Crippen molar-refractivity contribution in [3.05, 3.63) is 29.8 Å². The summed E-state index contributed by atoms with van der Waals surface area (Å²) in [6, 6.07) is 9.51. The highest BCUT2D eigenvalue weighted by Gasteiger charge is 2.32. The summed E-state index contributed by atoms with van der Waals surface area (Å²) < 4.78 is 5.34. The number of piperazine rings is 1. The molecule has 0 bridgehead atoms. The minimum atomic E-state index is 0.946. The van der Waals surface area contributed by atoms with Crippen LogP contribution in [0.1, 0.15) is 38.2 Å². The monoisotopic (exact) mass is 304 g/mol. The van der Waals surface area contributed by atoms with Gasteiger partial charge in [0, 0.05) is 12.0 Å². The van der Waals surface area contributed by atoms with Crippen LogP contribution in [0.25, 0.3) is 0 Å². The summed E-state index contributed by atoms with van der Waals surface area (Å²) in [5.41, 5.74) is 1.41. The second-order valence-electron chi connectivity index (χ2n) is 7.41. The Bertz CT molecular complexity index is 468. The maximum absolute atomic E-state index is 5.34. The van der Waals surface area contributed by atoms with Crippen molar-refractivity contribution in [3.63, 3.8) is 0 Å². The number of benzene rings is 1. The van der Waals surface area contributed by atoms with E-state index in [1.54, 1.807) is 12.0 Å². The van der Waals surface area contributed by atoms with Crippen molar-refractivity contribution in [2.24, 2.45) is 5.92 Å². The third kappa shape index (κ3) is 4.02. The molecule has 1 aliphatic heterocycles. The molecule has 3 heteroatoms. The number of quaternary nitrogens is 2. The SMILES string of the molecule is COc1cccc(C[NH+]2CC[NH+]([C@@H]3CCC[C@@H](C)C3)CC2)c1. The fraction of sp³-hybridized carbons (Fsp3) is 0.684. The number of ether oxygens (including phenoxy) is 1. The van der Waals surface area contributed by atoms with Gasteiger partial charge in [-0.1, -0.05) is 25.5 Å². The summed E-state index contributed by atoms with van der Waals surface area (Å²) in [7, 11) is 1.75. The van der Waals surface area contributed by atoms with Crippen LogP contribution in [0.2, 0.25) is 0 Å². The molecular weight excluding hydrogens is 272 g/mol. The van der Waals surface area contributed by atoms with Crippen LogP contribution in [-0.2, 0) is 6.54 Å². The third-order valence-corrected chi connectivity index (χ3v) is 5.70. The van der Waals surface area contributed by atoms with Gasteiger partial charge in [0.15, 0.2) is 0 Å². The zero-order chi connectivity index (χ0) is 15.4. The van der Waals surface area contributed by atoms with Crippen LogP contribution < -0.4 is 14.5 Å². The van der Waals surface area contributed by atoms with Crippen molar-refractivity contribution in [1.82, 2.24) is 0 Å². The highest BCUT2D eigenvalue weighted by molar-refractivity contribution is 5.27. The molecule has 2 fully saturated rings. The fourth-order valence-corrected chi connectivity index (χ4v) is 4.39. The van der Waals surface area contributed by atoms with Crippen molar-refractivity contribution < 1.29 is 14.5 Å². The molecule has 3 nitrogen and oxygen atoms in total. The molecule has 2 N–H and O–H groups in total. The summed E-state index contributed by atoms with van der Waals surface area (Å²) in [4.78, 5) is 3.63. The zero-order valence-corrected chi connectivity index (χ0v) is 14.2. The van der Waals surface area contributed by atoms with Gasteiger partial charge in [0.1, 0.15) is 38.5 Å². The van der Waals surface area contributed by atoms with Crippen molar-refractivity contribution in [1.29, 1.82) is 0 Å². The van der Waals surface area contributed by atoms with E-state index in [2.05, 4.69) is 25.1 Å². The molecule has 2 aliphatic rings. The first-order valence-electron chi connectivity index (χ1n) is 9.05. The molecule has 1 heterocycles. The molecule has 1 saturated heterocycles. The van der Waals surface area contributed by atoms with Gasteiger partial charge in [0.05, 0.1) is 13.2 Å². The van der Waals surface area contributed by atoms with Gasteiger partial charge in [-0.15, -0.1) is 0 Å². The van der Waals surface area contributed by atoms with E-state index in [4.69, 9.17) is 4.74 Å². The molecule has 122 valence electrons. The summed E-state index contributed by atoms with van der Waals surface area (Å²) >= 11 is 0. The van der Waals surface area contributed by atoms with Crippen LogP contribution in [-0.4, -0.2) is 39.3 Å². The van der Waals surface area contributed by atoms with Gasteiger partial charge < -0.3 is 14.5 Å². The molecule has 0 aromatic heterocycles. The fourth-order valence-electron chi connectivity index (χ4n) is 4.39. The molecule has 3 rings (SSSR count). The van der Waals surface area contributed by atoms with Gasteiger partial charge >= 0.3 is 0 Å². The van der Waals surface area contributed by atoms with E-state index in [0.717, 1.165) is 24.3 Å². The quantitative estimate of drug-likeness (QED) is 0.832. The minimum absolute atomic E-state index is 0.946. The van der Waals surface area contributed by atoms with E-state index in [0.29, 0.717) is 0 Å². The van der Waals surface area contributed by atoms with Gasteiger partial charge in [-0.2, -0.15) is 0 Å². The van der Waals surface area contributed by atoms with E-state index in [1.807, 2.05) is 11.0 Å². The van der Waals surface area contributed by atoms with Crippen molar-refractivity contribution in [2.75, 3.05) is 33.3 Å². The molecule has 22 heavy (non-hydrogen) atoms. The van der Waals surface area contributed by atoms with Crippen molar-refractivity contribution in [2.45, 2.75) is 45.2 Å². The predicted octanol–water partition coefficient (Wildman–Crippen LogP) is 0.557. The summed E-state index contributed by atoms with van der Waals surface area (Å²) in [6.45, 7) is 8.93. The predicted molar refractivity (Wildman–Crippen MR) is 89.5 cm³/mol. The third-order valence-electron chi connectivity index (χ3n) is 5.70. The molecule has 1 aliphatic carbocycles. The maximum atomic E-state index is 5.34. The van der Waals surface area contributed by atoms with Crippen LogP contribution in [0.3, 0.4) is 0 Å². The molecular formula is C19H32N2O+2. The largest absolute Gasteiger partial charge is 0.497 e. The summed E-state index contributed by atoms with van der Waals surface area (Å²) in [6.07, 6.45) is 5.83. The standard InChI is InChI=1S/C19H30N2O/c1-16-5-3-7-18(13-16)21-11-9-20(10-12-21)15-17-6-4-8-19(14-17)22-2/h4,6,8,14,16,18H,3,5,7,9-13,15H2,1-2H3/p+2/t16-,18-/m1/s1. The Hall–Kier alpha value is -1.06. The van der Waals surface area contributed by atoms with Crippen LogP contribution in [0.5, 0.6) is 5.75 Å². The molecule has 0 amide bonds. The van der Waals surface area contributed by atoms with Gasteiger partial charge in [0.25, 0.3) is 0 Å². The highest BCUT2D eigenvalue weighted by atomic mass is 16.5. The number of nitrogens with one attached hydrogen (secondary N) is 2. The minimum Gasteiger partial charge on any atom is -0.497 e. The Morgan fingerprint density at radius 1 is 1.14 bits per heavy atom. The molecule has 2 atom stereocenters. The van der Waals surface area contributed by atoms with Crippen LogP contribution >= 0.6 is 0 Å². The highest BCUT2D eigenvalue weighted by Crippen LogP contribution is 2.21. The average molecular weight is 304 g/mol. The van der Waals surface area contributed by atoms with Crippen LogP contribution in [0, 0.1) is 5.92 Å². The van der Waals surface area contributed by atoms with E-state index < -0.39 is 0 Å². The van der Waals surface area contributed by atoms with E-state index >= 15 is 0 Å². The first kappa shape index (κ1) is 15.8. The van der Waals surface area contributed by atoms with Gasteiger partial charge in [-0.25, -0.2) is 0 Å². The lowest BCUT2D eigenvalue weighted by atomic mass is 9.86. The lowest BCUT2D eigenvalue weighted by Crippen LogP contribution is -3.29. The number of hydrogen-bond donors (Lipinski definition) is 2. The van der Waals surface area contributed by atoms with Crippen LogP contribution in [0.15, 0.2) is 24.3 Å². The maximum Gasteiger partial charge on any atom is 0.127 e. The molecule has 1 aromatic rings. The van der Waals surface area contributed by atoms with Gasteiger partial charge in [-0.05, 0) is 30.9 Å². The number of methoxy groups -OCH3 is 1. The first-order valence-corrected chi connectivity index (χ1v) is 9.05. The second kappa shape index (κ2) is 7.47. The first-order chi connectivity index (χ1) is 10.7. The molecule has 0 radical (unpaired) electrons.